The summed E-state index contributed by atoms with van der Waals surface area (Å²) < 4.78 is 21.9. The molecule has 0 saturated carbocycles. The molecule has 0 spiro atoms. The standard InChI is InChI=1S/C9H13IN3O8P/c10-4-2-13(9(15)11-8(4)12-16)7-1-5(14)6(21-7)3-20-22(17,18)19/h2,5-7,14,16H,1,3H2,(H,11,12,15)(H2,17,18,19)/t5-,6+,7+/m0/s1. The quantitative estimate of drug-likeness (QED) is 0.223. The van der Waals surface area contributed by atoms with Gasteiger partial charge in [-0.25, -0.2) is 9.36 Å². The zero-order valence-electron chi connectivity index (χ0n) is 10.9. The topological polar surface area (TPSA) is 163 Å². The number of aliphatic hydroxyl groups excluding tert-OH is 1. The predicted octanol–water partition coefficient (Wildman–Crippen LogP) is -0.593. The van der Waals surface area contributed by atoms with E-state index in [1.807, 2.05) is 22.6 Å². The Labute approximate surface area is 137 Å². The molecule has 0 unspecified atom stereocenters. The average molecular weight is 449 g/mol. The van der Waals surface area contributed by atoms with Crippen LogP contribution in [0.15, 0.2) is 11.0 Å². The summed E-state index contributed by atoms with van der Waals surface area (Å²) >= 11 is 1.84. The molecule has 22 heavy (non-hydrogen) atoms. The summed E-state index contributed by atoms with van der Waals surface area (Å²) in [5.41, 5.74) is 1.06. The number of hydrogen-bond acceptors (Lipinski definition) is 8. The molecule has 0 bridgehead atoms. The summed E-state index contributed by atoms with van der Waals surface area (Å²) in [6, 6.07) is 0. The molecule has 124 valence electrons. The molecule has 0 amide bonds. The van der Waals surface area contributed by atoms with Gasteiger partial charge in [0.1, 0.15) is 12.3 Å². The first kappa shape index (κ1) is 17.7. The number of anilines is 1. The van der Waals surface area contributed by atoms with Crippen LogP contribution >= 0.6 is 30.4 Å². The minimum atomic E-state index is -4.67. The Morgan fingerprint density at radius 1 is 1.59 bits per heavy atom. The fourth-order valence-corrected chi connectivity index (χ4v) is 2.82. The summed E-state index contributed by atoms with van der Waals surface area (Å²) in [7, 11) is -4.67. The number of aliphatic hydroxyl groups is 1. The van der Waals surface area contributed by atoms with Gasteiger partial charge in [-0.15, -0.1) is 0 Å². The van der Waals surface area contributed by atoms with Gasteiger partial charge in [0.15, 0.2) is 5.82 Å². The molecular weight excluding hydrogens is 436 g/mol. The van der Waals surface area contributed by atoms with Crippen molar-refractivity contribution in [1.29, 1.82) is 0 Å². The van der Waals surface area contributed by atoms with Gasteiger partial charge in [0, 0.05) is 12.6 Å². The second kappa shape index (κ2) is 6.88. The predicted molar refractivity (Wildman–Crippen MR) is 79.2 cm³/mol. The van der Waals surface area contributed by atoms with Crippen LogP contribution in [0.3, 0.4) is 0 Å². The fourth-order valence-electron chi connectivity index (χ4n) is 1.94. The Kier molecular flexibility index (Phi) is 5.55. The van der Waals surface area contributed by atoms with Gasteiger partial charge in [-0.1, -0.05) is 0 Å². The summed E-state index contributed by atoms with van der Waals surface area (Å²) in [5, 5.41) is 18.6. The molecule has 2 rings (SSSR count). The molecule has 1 saturated heterocycles. The number of phosphoric ester groups is 1. The van der Waals surface area contributed by atoms with Crippen LogP contribution in [-0.2, 0) is 13.8 Å². The number of phosphoric acid groups is 1. The van der Waals surface area contributed by atoms with Crippen LogP contribution in [0.1, 0.15) is 12.6 Å². The zero-order chi connectivity index (χ0) is 16.5. The first-order chi connectivity index (χ1) is 10.2. The minimum Gasteiger partial charge on any atom is -0.390 e. The molecule has 5 N–H and O–H groups in total. The first-order valence-electron chi connectivity index (χ1n) is 5.93. The van der Waals surface area contributed by atoms with E-state index < -0.39 is 38.6 Å². The average Bonchev–Trinajstić information content (AvgIpc) is 2.79. The highest BCUT2D eigenvalue weighted by molar-refractivity contribution is 14.1. The lowest BCUT2D eigenvalue weighted by Gasteiger charge is -2.16. The number of halogens is 1. The number of nitrogens with zero attached hydrogens (tertiary/aromatic N) is 2. The molecule has 11 nitrogen and oxygen atoms in total. The highest BCUT2D eigenvalue weighted by Gasteiger charge is 2.37. The van der Waals surface area contributed by atoms with Crippen molar-refractivity contribution >= 4 is 36.2 Å². The molecule has 1 aliphatic rings. The van der Waals surface area contributed by atoms with Gasteiger partial charge in [0.25, 0.3) is 0 Å². The molecule has 1 aliphatic heterocycles. The normalized spacial score (nSPS) is 25.4. The number of aromatic nitrogens is 2. The van der Waals surface area contributed by atoms with Crippen molar-refractivity contribution in [3.63, 3.8) is 0 Å². The molecule has 0 radical (unpaired) electrons. The van der Waals surface area contributed by atoms with Gasteiger partial charge in [-0.05, 0) is 22.6 Å². The molecule has 1 aromatic rings. The maximum Gasteiger partial charge on any atom is 0.469 e. The van der Waals surface area contributed by atoms with E-state index in [-0.39, 0.29) is 12.2 Å². The second-order valence-electron chi connectivity index (χ2n) is 4.46. The lowest BCUT2D eigenvalue weighted by atomic mass is 10.2. The number of nitrogens with one attached hydrogen (secondary N) is 1. The van der Waals surface area contributed by atoms with Gasteiger partial charge in [0.05, 0.1) is 16.3 Å². The third kappa shape index (κ3) is 4.23. The third-order valence-corrected chi connectivity index (χ3v) is 4.21. The summed E-state index contributed by atoms with van der Waals surface area (Å²) in [6.45, 7) is -0.516. The third-order valence-electron chi connectivity index (χ3n) is 2.93. The summed E-state index contributed by atoms with van der Waals surface area (Å²) in [6.07, 6.45) is -1.51. The number of ether oxygens (including phenoxy) is 1. The van der Waals surface area contributed by atoms with Crippen LogP contribution in [0, 0.1) is 3.57 Å². The zero-order valence-corrected chi connectivity index (χ0v) is 13.9. The first-order valence-corrected chi connectivity index (χ1v) is 8.54. The molecular formula is C9H13IN3O8P. The van der Waals surface area contributed by atoms with Gasteiger partial charge < -0.3 is 19.6 Å². The van der Waals surface area contributed by atoms with E-state index in [0.29, 0.717) is 3.57 Å². The fraction of sp³-hybridized carbons (Fsp3) is 0.556. The van der Waals surface area contributed by atoms with Gasteiger partial charge in [0.2, 0.25) is 0 Å². The van der Waals surface area contributed by atoms with Crippen LogP contribution in [0.25, 0.3) is 0 Å². The van der Waals surface area contributed by atoms with Crippen LogP contribution < -0.4 is 11.2 Å². The lowest BCUT2D eigenvalue weighted by molar-refractivity contribution is -0.0451. The van der Waals surface area contributed by atoms with Crippen molar-refractivity contribution < 1.29 is 33.9 Å². The van der Waals surface area contributed by atoms with Crippen molar-refractivity contribution in [2.75, 3.05) is 12.1 Å². The molecule has 0 aromatic carbocycles. The van der Waals surface area contributed by atoms with Gasteiger partial charge in [-0.2, -0.15) is 4.98 Å². The molecule has 1 fully saturated rings. The van der Waals surface area contributed by atoms with E-state index in [0.717, 1.165) is 4.57 Å². The summed E-state index contributed by atoms with van der Waals surface area (Å²) in [4.78, 5) is 32.7. The van der Waals surface area contributed by atoms with Crippen molar-refractivity contribution in [1.82, 2.24) is 9.55 Å². The van der Waals surface area contributed by atoms with E-state index >= 15 is 0 Å². The molecule has 2 heterocycles. The van der Waals surface area contributed by atoms with Crippen LogP contribution in [0.2, 0.25) is 0 Å². The Bertz CT molecular complexity index is 648. The van der Waals surface area contributed by atoms with Crippen molar-refractivity contribution in [2.45, 2.75) is 24.9 Å². The molecule has 3 atom stereocenters. The maximum absolute atomic E-state index is 11.8. The minimum absolute atomic E-state index is 0.0122. The van der Waals surface area contributed by atoms with E-state index in [1.54, 1.807) is 5.48 Å². The van der Waals surface area contributed by atoms with Gasteiger partial charge >= 0.3 is 13.5 Å². The van der Waals surface area contributed by atoms with Crippen molar-refractivity contribution in [2.24, 2.45) is 0 Å². The largest absolute Gasteiger partial charge is 0.469 e. The van der Waals surface area contributed by atoms with Crippen LogP contribution in [0.4, 0.5) is 5.82 Å². The SMILES string of the molecule is O=c1nc(NO)c(I)cn1[C@H]1C[C@H](O)[C@@H](COP(=O)(O)O)O1. The van der Waals surface area contributed by atoms with E-state index in [4.69, 9.17) is 19.7 Å². The van der Waals surface area contributed by atoms with Crippen molar-refractivity contribution in [3.8, 4) is 0 Å². The van der Waals surface area contributed by atoms with E-state index in [1.165, 1.54) is 6.20 Å². The van der Waals surface area contributed by atoms with E-state index in [9.17, 15) is 14.5 Å². The number of hydrogen-bond donors (Lipinski definition) is 5. The Morgan fingerprint density at radius 3 is 2.86 bits per heavy atom. The Balaban J connectivity index is 2.14. The highest BCUT2D eigenvalue weighted by atomic mass is 127. The molecule has 0 aliphatic carbocycles. The van der Waals surface area contributed by atoms with Crippen LogP contribution in [0.5, 0.6) is 0 Å². The maximum atomic E-state index is 11.8. The van der Waals surface area contributed by atoms with Gasteiger partial charge in [-0.3, -0.25) is 19.8 Å². The smallest absolute Gasteiger partial charge is 0.390 e. The second-order valence-corrected chi connectivity index (χ2v) is 6.86. The van der Waals surface area contributed by atoms with Crippen LogP contribution in [-0.4, -0.2) is 48.5 Å². The van der Waals surface area contributed by atoms with E-state index in [2.05, 4.69) is 9.51 Å². The summed E-state index contributed by atoms with van der Waals surface area (Å²) in [5.74, 6) is -0.0122. The molecule has 13 heteroatoms. The molecule has 1 aromatic heterocycles. The highest BCUT2D eigenvalue weighted by Crippen LogP contribution is 2.38. The Hall–Kier alpha value is -0.600. The van der Waals surface area contributed by atoms with Crippen molar-refractivity contribution in [3.05, 3.63) is 20.3 Å². The Morgan fingerprint density at radius 2 is 2.27 bits per heavy atom. The lowest BCUT2D eigenvalue weighted by Crippen LogP contribution is -2.29. The number of rotatable bonds is 5. The monoisotopic (exact) mass is 449 g/mol.